The molecule has 4 heteroatoms. The molecule has 0 aliphatic rings. The van der Waals surface area contributed by atoms with Crippen LogP contribution in [0.1, 0.15) is 21.5 Å². The molecule has 0 spiro atoms. The maximum Gasteiger partial charge on any atom is 0.251 e. The van der Waals surface area contributed by atoms with Gasteiger partial charge in [-0.1, -0.05) is 0 Å². The third-order valence-electron chi connectivity index (χ3n) is 2.38. The molecule has 1 aromatic carbocycles. The third kappa shape index (κ3) is 2.73. The molecule has 0 saturated heterocycles. The summed E-state index contributed by atoms with van der Waals surface area (Å²) in [6.07, 6.45) is 0. The van der Waals surface area contributed by atoms with Crippen molar-refractivity contribution in [1.29, 1.82) is 0 Å². The van der Waals surface area contributed by atoms with E-state index in [0.29, 0.717) is 5.56 Å². The summed E-state index contributed by atoms with van der Waals surface area (Å²) in [5, 5.41) is 11.3. The molecule has 0 bridgehead atoms. The first-order valence-corrected chi connectivity index (χ1v) is 5.14. The van der Waals surface area contributed by atoms with Gasteiger partial charge in [-0.3, -0.25) is 4.79 Å². The Hall–Kier alpha value is -1.55. The molecule has 2 N–H and O–H groups in total. The van der Waals surface area contributed by atoms with Crippen molar-refractivity contribution < 1.29 is 14.6 Å². The van der Waals surface area contributed by atoms with Crippen LogP contribution in [-0.2, 0) is 0 Å². The minimum absolute atomic E-state index is 0.0556. The zero-order valence-electron chi connectivity index (χ0n) is 9.83. The summed E-state index contributed by atoms with van der Waals surface area (Å²) < 4.78 is 5.17. The van der Waals surface area contributed by atoms with E-state index in [4.69, 9.17) is 9.84 Å². The van der Waals surface area contributed by atoms with E-state index in [9.17, 15) is 4.79 Å². The molecule has 0 heterocycles. The lowest BCUT2D eigenvalue weighted by Crippen LogP contribution is -2.27. The maximum absolute atomic E-state index is 11.7. The number of ether oxygens (including phenoxy) is 1. The average Bonchev–Trinajstić information content (AvgIpc) is 2.28. The SMILES string of the molecule is COc1cc(C)c(C(=O)NCCO)cc1C. The van der Waals surface area contributed by atoms with Gasteiger partial charge < -0.3 is 15.2 Å². The topological polar surface area (TPSA) is 58.6 Å². The van der Waals surface area contributed by atoms with Crippen LogP contribution in [0.5, 0.6) is 5.75 Å². The summed E-state index contributed by atoms with van der Waals surface area (Å²) >= 11 is 0. The Morgan fingerprint density at radius 3 is 2.62 bits per heavy atom. The molecule has 0 aliphatic heterocycles. The summed E-state index contributed by atoms with van der Waals surface area (Å²) in [5.74, 6) is 0.605. The molecule has 16 heavy (non-hydrogen) atoms. The number of benzene rings is 1. The number of rotatable bonds is 4. The van der Waals surface area contributed by atoms with Crippen molar-refractivity contribution in [2.45, 2.75) is 13.8 Å². The summed E-state index contributed by atoms with van der Waals surface area (Å²) in [6, 6.07) is 3.63. The van der Waals surface area contributed by atoms with Crippen molar-refractivity contribution in [1.82, 2.24) is 5.32 Å². The zero-order valence-corrected chi connectivity index (χ0v) is 9.83. The molecule has 1 rings (SSSR count). The van der Waals surface area contributed by atoms with Gasteiger partial charge in [0.15, 0.2) is 0 Å². The van der Waals surface area contributed by atoms with Crippen molar-refractivity contribution in [2.24, 2.45) is 0 Å². The standard InChI is InChI=1S/C12H17NO3/c1-8-7-11(16-3)9(2)6-10(8)12(15)13-4-5-14/h6-7,14H,4-5H2,1-3H3,(H,13,15). The molecule has 4 nitrogen and oxygen atoms in total. The number of nitrogens with one attached hydrogen (secondary N) is 1. The van der Waals surface area contributed by atoms with Gasteiger partial charge in [-0.25, -0.2) is 0 Å². The maximum atomic E-state index is 11.7. The van der Waals surface area contributed by atoms with Crippen LogP contribution >= 0.6 is 0 Å². The number of carbonyl (C=O) groups is 1. The number of aliphatic hydroxyl groups excluding tert-OH is 1. The lowest BCUT2D eigenvalue weighted by molar-refractivity contribution is 0.0944. The molecule has 0 aromatic heterocycles. The molecule has 0 radical (unpaired) electrons. The second-order valence-electron chi connectivity index (χ2n) is 3.62. The molecule has 1 amide bonds. The fourth-order valence-corrected chi connectivity index (χ4v) is 1.52. The van der Waals surface area contributed by atoms with Crippen molar-refractivity contribution in [3.05, 3.63) is 28.8 Å². The van der Waals surface area contributed by atoms with Crippen LogP contribution in [0, 0.1) is 13.8 Å². The van der Waals surface area contributed by atoms with E-state index < -0.39 is 0 Å². The number of hydrogen-bond donors (Lipinski definition) is 2. The van der Waals surface area contributed by atoms with E-state index in [2.05, 4.69) is 5.32 Å². The van der Waals surface area contributed by atoms with E-state index in [1.54, 1.807) is 13.2 Å². The first-order valence-electron chi connectivity index (χ1n) is 5.14. The van der Waals surface area contributed by atoms with Crippen LogP contribution in [0.4, 0.5) is 0 Å². The molecule has 0 aliphatic carbocycles. The second kappa shape index (κ2) is 5.51. The van der Waals surface area contributed by atoms with Gasteiger partial charge in [0.25, 0.3) is 5.91 Å². The second-order valence-corrected chi connectivity index (χ2v) is 3.62. The summed E-state index contributed by atoms with van der Waals surface area (Å²) in [6.45, 7) is 3.96. The van der Waals surface area contributed by atoms with E-state index in [0.717, 1.165) is 16.9 Å². The Labute approximate surface area is 95.2 Å². The van der Waals surface area contributed by atoms with Crippen LogP contribution < -0.4 is 10.1 Å². The minimum Gasteiger partial charge on any atom is -0.496 e. The predicted molar refractivity (Wildman–Crippen MR) is 61.9 cm³/mol. The van der Waals surface area contributed by atoms with Crippen molar-refractivity contribution >= 4 is 5.91 Å². The lowest BCUT2D eigenvalue weighted by Gasteiger charge is -2.11. The molecule has 88 valence electrons. The normalized spacial score (nSPS) is 10.0. The highest BCUT2D eigenvalue weighted by Crippen LogP contribution is 2.22. The van der Waals surface area contributed by atoms with Crippen LogP contribution in [0.3, 0.4) is 0 Å². The number of aliphatic hydroxyl groups is 1. The lowest BCUT2D eigenvalue weighted by atomic mass is 10.0. The summed E-state index contributed by atoms with van der Waals surface area (Å²) in [5.41, 5.74) is 2.40. The van der Waals surface area contributed by atoms with Gasteiger partial charge >= 0.3 is 0 Å². The number of hydrogen-bond acceptors (Lipinski definition) is 3. The smallest absolute Gasteiger partial charge is 0.251 e. The van der Waals surface area contributed by atoms with Crippen molar-refractivity contribution in [3.63, 3.8) is 0 Å². The highest BCUT2D eigenvalue weighted by molar-refractivity contribution is 5.96. The largest absolute Gasteiger partial charge is 0.496 e. The number of methoxy groups -OCH3 is 1. The van der Waals surface area contributed by atoms with Gasteiger partial charge in [-0.2, -0.15) is 0 Å². The molecular weight excluding hydrogens is 206 g/mol. The van der Waals surface area contributed by atoms with Gasteiger partial charge in [-0.05, 0) is 37.1 Å². The Bertz CT molecular complexity index is 388. The highest BCUT2D eigenvalue weighted by Gasteiger charge is 2.11. The minimum atomic E-state index is -0.169. The zero-order chi connectivity index (χ0) is 12.1. The highest BCUT2D eigenvalue weighted by atomic mass is 16.5. The van der Waals surface area contributed by atoms with Gasteiger partial charge in [0.1, 0.15) is 5.75 Å². The van der Waals surface area contributed by atoms with Crippen LogP contribution in [-0.4, -0.2) is 31.3 Å². The first-order chi connectivity index (χ1) is 7.60. The Morgan fingerprint density at radius 1 is 1.38 bits per heavy atom. The molecule has 1 aromatic rings. The average molecular weight is 223 g/mol. The Balaban J connectivity index is 2.97. The molecule has 0 atom stereocenters. The van der Waals surface area contributed by atoms with Crippen molar-refractivity contribution in [2.75, 3.05) is 20.3 Å². The van der Waals surface area contributed by atoms with Crippen LogP contribution in [0.25, 0.3) is 0 Å². The number of carbonyl (C=O) groups excluding carboxylic acids is 1. The Kier molecular flexibility index (Phi) is 4.31. The van der Waals surface area contributed by atoms with Crippen molar-refractivity contribution in [3.8, 4) is 5.75 Å². The van der Waals surface area contributed by atoms with E-state index >= 15 is 0 Å². The summed E-state index contributed by atoms with van der Waals surface area (Å²) in [7, 11) is 1.60. The van der Waals surface area contributed by atoms with E-state index in [1.165, 1.54) is 0 Å². The predicted octanol–water partition coefficient (Wildman–Crippen LogP) is 1.03. The third-order valence-corrected chi connectivity index (χ3v) is 2.38. The van der Waals surface area contributed by atoms with Gasteiger partial charge in [-0.15, -0.1) is 0 Å². The quantitative estimate of drug-likeness (QED) is 0.801. The molecule has 0 saturated carbocycles. The molecule has 0 fully saturated rings. The fraction of sp³-hybridized carbons (Fsp3) is 0.417. The van der Waals surface area contributed by atoms with Crippen LogP contribution in [0.2, 0.25) is 0 Å². The number of amides is 1. The Morgan fingerprint density at radius 2 is 2.06 bits per heavy atom. The number of aryl methyl sites for hydroxylation is 2. The van der Waals surface area contributed by atoms with E-state index in [1.807, 2.05) is 19.9 Å². The molecular formula is C12H17NO3. The molecule has 0 unspecified atom stereocenters. The van der Waals surface area contributed by atoms with E-state index in [-0.39, 0.29) is 19.1 Å². The van der Waals surface area contributed by atoms with Crippen LogP contribution in [0.15, 0.2) is 12.1 Å². The fourth-order valence-electron chi connectivity index (χ4n) is 1.52. The monoisotopic (exact) mass is 223 g/mol. The van der Waals surface area contributed by atoms with Gasteiger partial charge in [0, 0.05) is 12.1 Å². The first kappa shape index (κ1) is 12.5. The van der Waals surface area contributed by atoms with Gasteiger partial charge in [0.05, 0.1) is 13.7 Å². The van der Waals surface area contributed by atoms with Gasteiger partial charge in [0.2, 0.25) is 0 Å². The summed E-state index contributed by atoms with van der Waals surface area (Å²) in [4.78, 5) is 11.7.